The van der Waals surface area contributed by atoms with Gasteiger partial charge in [-0.15, -0.1) is 0 Å². The van der Waals surface area contributed by atoms with Crippen LogP contribution in [0.25, 0.3) is 0 Å². The van der Waals surface area contributed by atoms with Gasteiger partial charge in [0.15, 0.2) is 0 Å². The number of thiophene rings is 1. The molecule has 5 heteroatoms. The van der Waals surface area contributed by atoms with Crippen molar-refractivity contribution in [2.75, 3.05) is 13.7 Å². The summed E-state index contributed by atoms with van der Waals surface area (Å²) in [5.74, 6) is -0.0162. The van der Waals surface area contributed by atoms with Crippen molar-refractivity contribution in [1.29, 1.82) is 0 Å². The summed E-state index contributed by atoms with van der Waals surface area (Å²) in [7, 11) is 1.61. The predicted octanol–water partition coefficient (Wildman–Crippen LogP) is 3.45. The van der Waals surface area contributed by atoms with Crippen LogP contribution < -0.4 is 5.32 Å². The maximum atomic E-state index is 11.9. The minimum Gasteiger partial charge on any atom is -0.375 e. The van der Waals surface area contributed by atoms with Crippen LogP contribution in [0.5, 0.6) is 0 Å². The van der Waals surface area contributed by atoms with Crippen molar-refractivity contribution < 1.29 is 9.53 Å². The molecule has 0 aliphatic carbocycles. The summed E-state index contributed by atoms with van der Waals surface area (Å²) >= 11 is 7.72. The highest BCUT2D eigenvalue weighted by atomic mass is 35.5. The highest BCUT2D eigenvalue weighted by molar-refractivity contribution is 7.07. The summed E-state index contributed by atoms with van der Waals surface area (Å²) in [6, 6.07) is 9.44. The Morgan fingerprint density at radius 3 is 2.85 bits per heavy atom. The van der Waals surface area contributed by atoms with Crippen molar-refractivity contribution >= 4 is 28.8 Å². The second-order valence-electron chi connectivity index (χ2n) is 4.36. The Bertz CT molecular complexity index is 557. The molecule has 1 amide bonds. The molecule has 1 heterocycles. The monoisotopic (exact) mass is 309 g/mol. The highest BCUT2D eigenvalue weighted by Gasteiger charge is 2.15. The lowest BCUT2D eigenvalue weighted by Gasteiger charge is -2.17. The molecule has 0 aliphatic heterocycles. The van der Waals surface area contributed by atoms with E-state index in [1.807, 2.05) is 41.1 Å². The van der Waals surface area contributed by atoms with Gasteiger partial charge in [0.05, 0.1) is 6.42 Å². The number of methoxy groups -OCH3 is 1. The van der Waals surface area contributed by atoms with E-state index in [2.05, 4.69) is 5.32 Å². The molecule has 0 saturated heterocycles. The van der Waals surface area contributed by atoms with Crippen LogP contribution in [0, 0.1) is 0 Å². The van der Waals surface area contributed by atoms with E-state index in [0.717, 1.165) is 11.1 Å². The van der Waals surface area contributed by atoms with Crippen LogP contribution in [0.15, 0.2) is 41.1 Å². The maximum absolute atomic E-state index is 11.9. The van der Waals surface area contributed by atoms with Gasteiger partial charge in [-0.25, -0.2) is 0 Å². The lowest BCUT2D eigenvalue weighted by molar-refractivity contribution is -0.121. The Kier molecular flexibility index (Phi) is 5.59. The number of benzene rings is 1. The van der Waals surface area contributed by atoms with Gasteiger partial charge in [0.25, 0.3) is 0 Å². The van der Waals surface area contributed by atoms with Crippen LogP contribution in [-0.2, 0) is 16.0 Å². The second-order valence-corrected chi connectivity index (χ2v) is 5.55. The lowest BCUT2D eigenvalue weighted by atomic mass is 10.1. The van der Waals surface area contributed by atoms with E-state index in [4.69, 9.17) is 16.3 Å². The third-order valence-electron chi connectivity index (χ3n) is 2.97. The van der Waals surface area contributed by atoms with Gasteiger partial charge in [-0.1, -0.05) is 29.8 Å². The van der Waals surface area contributed by atoms with Crippen LogP contribution in [0.2, 0.25) is 5.02 Å². The molecule has 1 aromatic carbocycles. The predicted molar refractivity (Wildman–Crippen MR) is 82.2 cm³/mol. The Hall–Kier alpha value is -1.36. The first kappa shape index (κ1) is 15.0. The van der Waals surface area contributed by atoms with Crippen LogP contribution >= 0.6 is 22.9 Å². The molecule has 2 aromatic rings. The Morgan fingerprint density at radius 2 is 2.20 bits per heavy atom. The largest absolute Gasteiger partial charge is 0.375 e. The number of nitrogens with one attached hydrogen (secondary N) is 1. The van der Waals surface area contributed by atoms with E-state index in [1.165, 1.54) is 0 Å². The van der Waals surface area contributed by atoms with Crippen molar-refractivity contribution in [1.82, 2.24) is 5.32 Å². The van der Waals surface area contributed by atoms with Crippen molar-refractivity contribution in [3.63, 3.8) is 0 Å². The number of hydrogen-bond donors (Lipinski definition) is 1. The van der Waals surface area contributed by atoms with Gasteiger partial charge >= 0.3 is 0 Å². The van der Waals surface area contributed by atoms with E-state index >= 15 is 0 Å². The molecule has 0 aliphatic rings. The third-order valence-corrected chi connectivity index (χ3v) is 4.04. The fourth-order valence-corrected chi connectivity index (χ4v) is 2.83. The molecule has 1 atom stereocenters. The first-order valence-corrected chi connectivity index (χ1v) is 7.57. The zero-order valence-corrected chi connectivity index (χ0v) is 12.7. The molecule has 20 heavy (non-hydrogen) atoms. The number of halogens is 1. The second kappa shape index (κ2) is 7.43. The number of ether oxygens (including phenoxy) is 1. The van der Waals surface area contributed by atoms with Crippen LogP contribution in [0.1, 0.15) is 17.2 Å². The van der Waals surface area contributed by atoms with Gasteiger partial charge in [-0.3, -0.25) is 4.79 Å². The van der Waals surface area contributed by atoms with Crippen molar-refractivity contribution in [3.05, 3.63) is 57.2 Å². The molecule has 0 bridgehead atoms. The van der Waals surface area contributed by atoms with E-state index in [1.54, 1.807) is 18.4 Å². The smallest absolute Gasteiger partial charge is 0.224 e. The van der Waals surface area contributed by atoms with Crippen molar-refractivity contribution in [2.45, 2.75) is 12.5 Å². The number of hydrogen-bond acceptors (Lipinski definition) is 3. The molecule has 1 N–H and O–H groups in total. The van der Waals surface area contributed by atoms with E-state index < -0.39 is 0 Å². The fraction of sp³-hybridized carbons (Fsp3) is 0.267. The molecule has 106 valence electrons. The Morgan fingerprint density at radius 1 is 1.40 bits per heavy atom. The minimum atomic E-state index is -0.241. The standard InChI is InChI=1S/C15H16ClNO2S/c1-19-14(12-4-2-3-5-13(12)16)9-17-15(18)8-11-6-7-20-10-11/h2-7,10,14H,8-9H2,1H3,(H,17,18)/t14-/m1/s1. The molecule has 0 saturated carbocycles. The minimum absolute atomic E-state index is 0.0162. The van der Waals surface area contributed by atoms with Gasteiger partial charge in [-0.2, -0.15) is 11.3 Å². The van der Waals surface area contributed by atoms with E-state index in [0.29, 0.717) is 18.0 Å². The third kappa shape index (κ3) is 4.07. The van der Waals surface area contributed by atoms with Crippen LogP contribution in [0.4, 0.5) is 0 Å². The van der Waals surface area contributed by atoms with Crippen molar-refractivity contribution in [2.24, 2.45) is 0 Å². The zero-order valence-electron chi connectivity index (χ0n) is 11.1. The molecular weight excluding hydrogens is 294 g/mol. The summed E-state index contributed by atoms with van der Waals surface area (Å²) in [6.07, 6.45) is 0.151. The summed E-state index contributed by atoms with van der Waals surface area (Å²) in [6.45, 7) is 0.406. The summed E-state index contributed by atoms with van der Waals surface area (Å²) in [5, 5.41) is 7.46. The molecule has 0 radical (unpaired) electrons. The molecular formula is C15H16ClNO2S. The number of amides is 1. The zero-order chi connectivity index (χ0) is 14.4. The Labute approximate surface area is 127 Å². The SMILES string of the molecule is CO[C@H](CNC(=O)Cc1ccsc1)c1ccccc1Cl. The first-order chi connectivity index (χ1) is 9.70. The summed E-state index contributed by atoms with van der Waals surface area (Å²) in [4.78, 5) is 11.9. The molecule has 1 aromatic heterocycles. The van der Waals surface area contributed by atoms with Crippen molar-refractivity contribution in [3.8, 4) is 0 Å². The van der Waals surface area contributed by atoms with Gasteiger partial charge in [-0.05, 0) is 28.5 Å². The van der Waals surface area contributed by atoms with Gasteiger partial charge in [0, 0.05) is 24.2 Å². The van der Waals surface area contributed by atoms with Gasteiger partial charge in [0.1, 0.15) is 6.10 Å². The quantitative estimate of drug-likeness (QED) is 0.887. The molecule has 0 spiro atoms. The van der Waals surface area contributed by atoms with Crippen LogP contribution in [0.3, 0.4) is 0 Å². The average Bonchev–Trinajstić information content (AvgIpc) is 2.94. The van der Waals surface area contributed by atoms with Gasteiger partial charge < -0.3 is 10.1 Å². The normalized spacial score (nSPS) is 12.1. The number of carbonyl (C=O) groups is 1. The molecule has 0 unspecified atom stereocenters. The molecule has 0 fully saturated rings. The fourth-order valence-electron chi connectivity index (χ4n) is 1.90. The number of carbonyl (C=O) groups excluding carboxylic acids is 1. The van der Waals surface area contributed by atoms with E-state index in [-0.39, 0.29) is 12.0 Å². The summed E-state index contributed by atoms with van der Waals surface area (Å²) in [5.41, 5.74) is 1.91. The number of rotatable bonds is 6. The average molecular weight is 310 g/mol. The highest BCUT2D eigenvalue weighted by Crippen LogP contribution is 2.24. The molecule has 3 nitrogen and oxygen atoms in total. The summed E-state index contributed by atoms with van der Waals surface area (Å²) < 4.78 is 5.41. The first-order valence-electron chi connectivity index (χ1n) is 6.25. The Balaban J connectivity index is 1.91. The molecule has 2 rings (SSSR count). The lowest BCUT2D eigenvalue weighted by Crippen LogP contribution is -2.30. The van der Waals surface area contributed by atoms with Gasteiger partial charge in [0.2, 0.25) is 5.91 Å². The maximum Gasteiger partial charge on any atom is 0.224 e. The topological polar surface area (TPSA) is 38.3 Å². The van der Waals surface area contributed by atoms with Crippen LogP contribution in [-0.4, -0.2) is 19.6 Å². The van der Waals surface area contributed by atoms with E-state index in [9.17, 15) is 4.79 Å².